The Labute approximate surface area is 136 Å². The first kappa shape index (κ1) is 15.4. The minimum absolute atomic E-state index is 0.737. The quantitative estimate of drug-likeness (QED) is 0.560. The Morgan fingerprint density at radius 2 is 1.70 bits per heavy atom. The van der Waals surface area contributed by atoms with Crippen LogP contribution in [0.15, 0.2) is 46.9 Å². The van der Waals surface area contributed by atoms with Crippen molar-refractivity contribution in [2.45, 2.75) is 18.7 Å². The van der Waals surface area contributed by atoms with Crippen molar-refractivity contribution in [2.75, 3.05) is 6.61 Å². The predicted molar refractivity (Wildman–Crippen MR) is 89.1 cm³/mol. The fourth-order valence-electron chi connectivity index (χ4n) is 1.70. The van der Waals surface area contributed by atoms with Gasteiger partial charge in [-0.1, -0.05) is 38.8 Å². The highest BCUT2D eigenvalue weighted by atomic mass is 79.9. The topological polar surface area (TPSA) is 18.5 Å². The van der Waals surface area contributed by atoms with E-state index in [1.165, 1.54) is 0 Å². The Bertz CT molecular complexity index is 553. The van der Waals surface area contributed by atoms with Gasteiger partial charge < -0.3 is 9.47 Å². The van der Waals surface area contributed by atoms with Gasteiger partial charge in [0, 0.05) is 15.4 Å². The van der Waals surface area contributed by atoms with Gasteiger partial charge in [0.25, 0.3) is 0 Å². The van der Waals surface area contributed by atoms with E-state index in [0.717, 1.165) is 45.6 Å². The van der Waals surface area contributed by atoms with Gasteiger partial charge in [-0.2, -0.15) is 0 Å². The van der Waals surface area contributed by atoms with Crippen molar-refractivity contribution < 1.29 is 9.47 Å². The summed E-state index contributed by atoms with van der Waals surface area (Å²) in [6.45, 7) is 2.83. The molecular formula is C16H16Br2O2. The standard InChI is InChI=1S/C16H16Br2O2/c1-2-9-19-14-4-6-15(7-5-14)20-16-8-3-13(18)10-12(16)11-17/h3-8,10H,2,9,11H2,1H3. The lowest BCUT2D eigenvalue weighted by atomic mass is 10.2. The van der Waals surface area contributed by atoms with Crippen molar-refractivity contribution in [1.29, 1.82) is 0 Å². The molecule has 0 bridgehead atoms. The summed E-state index contributed by atoms with van der Waals surface area (Å²) in [5.41, 5.74) is 1.10. The van der Waals surface area contributed by atoms with Crippen LogP contribution in [0.1, 0.15) is 18.9 Å². The minimum Gasteiger partial charge on any atom is -0.494 e. The van der Waals surface area contributed by atoms with Crippen LogP contribution in [0.25, 0.3) is 0 Å². The second kappa shape index (κ2) is 7.70. The molecule has 0 fully saturated rings. The first-order valence-electron chi connectivity index (χ1n) is 6.48. The van der Waals surface area contributed by atoms with Crippen LogP contribution in [0.5, 0.6) is 17.2 Å². The molecular weight excluding hydrogens is 384 g/mol. The van der Waals surface area contributed by atoms with Gasteiger partial charge in [-0.15, -0.1) is 0 Å². The van der Waals surface area contributed by atoms with Crippen LogP contribution in [0.3, 0.4) is 0 Å². The molecule has 0 saturated heterocycles. The van der Waals surface area contributed by atoms with E-state index in [-0.39, 0.29) is 0 Å². The molecule has 0 saturated carbocycles. The summed E-state index contributed by atoms with van der Waals surface area (Å²) in [4.78, 5) is 0. The first-order chi connectivity index (χ1) is 9.72. The highest BCUT2D eigenvalue weighted by Crippen LogP contribution is 2.30. The summed E-state index contributed by atoms with van der Waals surface area (Å²) in [6, 6.07) is 13.7. The van der Waals surface area contributed by atoms with Crippen LogP contribution in [0.2, 0.25) is 0 Å². The maximum Gasteiger partial charge on any atom is 0.131 e. The van der Waals surface area contributed by atoms with E-state index in [1.54, 1.807) is 0 Å². The highest BCUT2D eigenvalue weighted by molar-refractivity contribution is 9.10. The molecule has 0 aliphatic heterocycles. The monoisotopic (exact) mass is 398 g/mol. The Balaban J connectivity index is 2.10. The average molecular weight is 400 g/mol. The van der Waals surface area contributed by atoms with Crippen molar-refractivity contribution in [3.8, 4) is 17.2 Å². The Hall–Kier alpha value is -1.000. The molecule has 0 aromatic heterocycles. The number of alkyl halides is 1. The molecule has 2 rings (SSSR count). The van der Waals surface area contributed by atoms with Crippen molar-refractivity contribution >= 4 is 31.9 Å². The Morgan fingerprint density at radius 3 is 2.35 bits per heavy atom. The van der Waals surface area contributed by atoms with Gasteiger partial charge in [-0.3, -0.25) is 0 Å². The van der Waals surface area contributed by atoms with Crippen LogP contribution in [-0.4, -0.2) is 6.61 Å². The Kier molecular flexibility index (Phi) is 5.92. The molecule has 2 aromatic rings. The van der Waals surface area contributed by atoms with Gasteiger partial charge in [0.15, 0.2) is 0 Å². The maximum atomic E-state index is 5.91. The van der Waals surface area contributed by atoms with Gasteiger partial charge in [0.2, 0.25) is 0 Å². The van der Waals surface area contributed by atoms with Crippen LogP contribution >= 0.6 is 31.9 Å². The number of benzene rings is 2. The second-order valence-electron chi connectivity index (χ2n) is 4.31. The predicted octanol–water partition coefficient (Wildman–Crippen LogP) is 5.93. The largest absolute Gasteiger partial charge is 0.494 e. The average Bonchev–Trinajstić information content (AvgIpc) is 2.48. The zero-order valence-electron chi connectivity index (χ0n) is 11.2. The summed E-state index contributed by atoms with van der Waals surface area (Å²) in [5.74, 6) is 2.53. The van der Waals surface area contributed by atoms with Gasteiger partial charge in [-0.25, -0.2) is 0 Å². The molecule has 0 radical (unpaired) electrons. The molecule has 0 aliphatic rings. The first-order valence-corrected chi connectivity index (χ1v) is 8.39. The van der Waals surface area contributed by atoms with Crippen molar-refractivity contribution in [3.05, 3.63) is 52.5 Å². The van der Waals surface area contributed by atoms with Gasteiger partial charge >= 0.3 is 0 Å². The third-order valence-corrected chi connectivity index (χ3v) is 3.79. The lowest BCUT2D eigenvalue weighted by molar-refractivity contribution is 0.317. The van der Waals surface area contributed by atoms with Crippen LogP contribution < -0.4 is 9.47 Å². The molecule has 4 heteroatoms. The second-order valence-corrected chi connectivity index (χ2v) is 5.78. The van der Waals surface area contributed by atoms with E-state index in [1.807, 2.05) is 42.5 Å². The molecule has 0 spiro atoms. The minimum atomic E-state index is 0.737. The van der Waals surface area contributed by atoms with Gasteiger partial charge in [0.05, 0.1) is 6.61 Å². The molecule has 0 amide bonds. The molecule has 0 heterocycles. The maximum absolute atomic E-state index is 5.91. The Morgan fingerprint density at radius 1 is 1.00 bits per heavy atom. The molecule has 2 nitrogen and oxygen atoms in total. The molecule has 2 aromatic carbocycles. The zero-order valence-corrected chi connectivity index (χ0v) is 14.4. The number of hydrogen-bond donors (Lipinski definition) is 0. The lowest BCUT2D eigenvalue weighted by Gasteiger charge is -2.11. The van der Waals surface area contributed by atoms with E-state index < -0.39 is 0 Å². The zero-order chi connectivity index (χ0) is 14.4. The fraction of sp³-hybridized carbons (Fsp3) is 0.250. The van der Waals surface area contributed by atoms with E-state index in [4.69, 9.17) is 9.47 Å². The van der Waals surface area contributed by atoms with E-state index >= 15 is 0 Å². The smallest absolute Gasteiger partial charge is 0.131 e. The molecule has 106 valence electrons. The van der Waals surface area contributed by atoms with Gasteiger partial charge in [-0.05, 0) is 48.9 Å². The summed E-state index contributed by atoms with van der Waals surface area (Å²) in [5, 5.41) is 0.749. The third kappa shape index (κ3) is 4.25. The normalized spacial score (nSPS) is 10.3. The van der Waals surface area contributed by atoms with E-state index in [2.05, 4.69) is 38.8 Å². The van der Waals surface area contributed by atoms with Crippen LogP contribution in [0, 0.1) is 0 Å². The van der Waals surface area contributed by atoms with Crippen molar-refractivity contribution in [1.82, 2.24) is 0 Å². The molecule has 0 N–H and O–H groups in total. The molecule has 0 unspecified atom stereocenters. The van der Waals surface area contributed by atoms with Gasteiger partial charge in [0.1, 0.15) is 17.2 Å². The van der Waals surface area contributed by atoms with E-state index in [0.29, 0.717) is 0 Å². The molecule has 0 atom stereocenters. The summed E-state index contributed by atoms with van der Waals surface area (Å²) in [7, 11) is 0. The lowest BCUT2D eigenvalue weighted by Crippen LogP contribution is -1.94. The van der Waals surface area contributed by atoms with Crippen molar-refractivity contribution in [3.63, 3.8) is 0 Å². The summed E-state index contributed by atoms with van der Waals surface area (Å²) in [6.07, 6.45) is 1.01. The SMILES string of the molecule is CCCOc1ccc(Oc2ccc(Br)cc2CBr)cc1. The summed E-state index contributed by atoms with van der Waals surface area (Å²) < 4.78 is 12.5. The van der Waals surface area contributed by atoms with E-state index in [9.17, 15) is 0 Å². The van der Waals surface area contributed by atoms with Crippen LogP contribution in [-0.2, 0) is 5.33 Å². The number of ether oxygens (including phenoxy) is 2. The number of halogens is 2. The molecule has 0 aliphatic carbocycles. The number of hydrogen-bond acceptors (Lipinski definition) is 2. The number of rotatable bonds is 6. The highest BCUT2D eigenvalue weighted by Gasteiger charge is 2.05. The summed E-state index contributed by atoms with van der Waals surface area (Å²) >= 11 is 6.94. The third-order valence-electron chi connectivity index (χ3n) is 2.69. The fourth-order valence-corrected chi connectivity index (χ4v) is 2.55. The van der Waals surface area contributed by atoms with Crippen molar-refractivity contribution in [2.24, 2.45) is 0 Å². The van der Waals surface area contributed by atoms with Crippen LogP contribution in [0.4, 0.5) is 0 Å². The molecule has 20 heavy (non-hydrogen) atoms.